The molecule has 0 spiro atoms. The molecule has 0 aliphatic carbocycles. The molecule has 1 aliphatic heterocycles. The second-order valence-corrected chi connectivity index (χ2v) is 5.22. The largest absolute Gasteiger partial charge is 0.424 e. The van der Waals surface area contributed by atoms with E-state index in [2.05, 4.69) is 5.32 Å². The maximum atomic E-state index is 11.8. The first-order valence-corrected chi connectivity index (χ1v) is 6.95. The Balaban J connectivity index is 1.67. The minimum Gasteiger partial charge on any atom is -0.424 e. The third-order valence-electron chi connectivity index (χ3n) is 2.92. The zero-order valence-electron chi connectivity index (χ0n) is 10.2. The number of benzene rings is 1. The highest BCUT2D eigenvalue weighted by molar-refractivity contribution is 7.11. The molecule has 1 aliphatic rings. The van der Waals surface area contributed by atoms with Crippen LogP contribution in [0.1, 0.15) is 10.4 Å². The first kappa shape index (κ1) is 12.1. The molecule has 2 aromatic rings. The molecular weight excluding hydrogens is 258 g/mol. The van der Waals surface area contributed by atoms with Crippen LogP contribution < -0.4 is 5.32 Å². The molecule has 4 heteroatoms. The third kappa shape index (κ3) is 2.75. The Morgan fingerprint density at radius 3 is 2.74 bits per heavy atom. The van der Waals surface area contributed by atoms with Crippen LogP contribution in [0.25, 0.3) is 5.76 Å². The van der Waals surface area contributed by atoms with Gasteiger partial charge in [0.25, 0.3) is 0 Å². The minimum atomic E-state index is -0.364. The molecule has 19 heavy (non-hydrogen) atoms. The number of thiophene rings is 1. The van der Waals surface area contributed by atoms with Gasteiger partial charge in [0.2, 0.25) is 0 Å². The SMILES string of the molecule is O=C1OC(c2cccs2)=CC1NCc1ccccc1. The Morgan fingerprint density at radius 2 is 2.00 bits per heavy atom. The summed E-state index contributed by atoms with van der Waals surface area (Å²) in [6.07, 6.45) is 1.84. The van der Waals surface area contributed by atoms with Crippen molar-refractivity contribution in [1.82, 2.24) is 5.32 Å². The van der Waals surface area contributed by atoms with Crippen molar-refractivity contribution < 1.29 is 9.53 Å². The number of hydrogen-bond donors (Lipinski definition) is 1. The van der Waals surface area contributed by atoms with Crippen LogP contribution in [0.5, 0.6) is 0 Å². The molecule has 0 bridgehead atoms. The van der Waals surface area contributed by atoms with Gasteiger partial charge in [-0.25, -0.2) is 4.79 Å². The first-order chi connectivity index (χ1) is 9.33. The number of carbonyl (C=O) groups excluding carboxylic acids is 1. The van der Waals surface area contributed by atoms with Crippen molar-refractivity contribution in [3.8, 4) is 0 Å². The van der Waals surface area contributed by atoms with Gasteiger partial charge in [0.15, 0.2) is 0 Å². The average molecular weight is 271 g/mol. The maximum Gasteiger partial charge on any atom is 0.332 e. The van der Waals surface area contributed by atoms with E-state index in [-0.39, 0.29) is 12.0 Å². The van der Waals surface area contributed by atoms with E-state index in [0.29, 0.717) is 12.3 Å². The molecule has 96 valence electrons. The highest BCUT2D eigenvalue weighted by atomic mass is 32.1. The van der Waals surface area contributed by atoms with E-state index in [1.54, 1.807) is 11.3 Å². The van der Waals surface area contributed by atoms with Crippen LogP contribution >= 0.6 is 11.3 Å². The lowest BCUT2D eigenvalue weighted by molar-refractivity contribution is -0.136. The topological polar surface area (TPSA) is 38.3 Å². The van der Waals surface area contributed by atoms with Gasteiger partial charge in [0, 0.05) is 6.54 Å². The number of cyclic esters (lactones) is 1. The second kappa shape index (κ2) is 5.38. The highest BCUT2D eigenvalue weighted by Crippen LogP contribution is 2.26. The number of ether oxygens (including phenoxy) is 1. The van der Waals surface area contributed by atoms with E-state index in [9.17, 15) is 4.79 Å². The molecular formula is C15H13NO2S. The fourth-order valence-electron chi connectivity index (χ4n) is 1.94. The van der Waals surface area contributed by atoms with E-state index >= 15 is 0 Å². The molecule has 0 amide bonds. The summed E-state index contributed by atoms with van der Waals surface area (Å²) >= 11 is 1.57. The van der Waals surface area contributed by atoms with Crippen LogP contribution in [0.15, 0.2) is 53.9 Å². The molecule has 1 aromatic heterocycles. The Hall–Kier alpha value is -1.91. The van der Waals surface area contributed by atoms with Gasteiger partial charge in [0.1, 0.15) is 11.8 Å². The van der Waals surface area contributed by atoms with Gasteiger partial charge < -0.3 is 4.74 Å². The predicted molar refractivity (Wildman–Crippen MR) is 75.5 cm³/mol. The smallest absolute Gasteiger partial charge is 0.332 e. The van der Waals surface area contributed by atoms with Crippen molar-refractivity contribution in [1.29, 1.82) is 0 Å². The van der Waals surface area contributed by atoms with Crippen molar-refractivity contribution in [3.05, 3.63) is 64.4 Å². The van der Waals surface area contributed by atoms with Gasteiger partial charge in [0.05, 0.1) is 4.88 Å². The molecule has 2 heterocycles. The summed E-state index contributed by atoms with van der Waals surface area (Å²) in [5, 5.41) is 5.16. The molecule has 3 rings (SSSR count). The van der Waals surface area contributed by atoms with Crippen molar-refractivity contribution in [2.75, 3.05) is 0 Å². The number of rotatable bonds is 4. The highest BCUT2D eigenvalue weighted by Gasteiger charge is 2.27. The van der Waals surface area contributed by atoms with E-state index in [1.807, 2.05) is 53.9 Å². The summed E-state index contributed by atoms with van der Waals surface area (Å²) < 4.78 is 5.28. The summed E-state index contributed by atoms with van der Waals surface area (Å²) in [5.41, 5.74) is 1.15. The molecule has 1 N–H and O–H groups in total. The Labute approximate surface area is 115 Å². The summed E-state index contributed by atoms with van der Waals surface area (Å²) in [7, 11) is 0. The normalized spacial score (nSPS) is 18.2. The quantitative estimate of drug-likeness (QED) is 0.869. The van der Waals surface area contributed by atoms with Gasteiger partial charge in [-0.05, 0) is 23.1 Å². The van der Waals surface area contributed by atoms with Crippen LogP contribution in [0.4, 0.5) is 0 Å². The second-order valence-electron chi connectivity index (χ2n) is 4.27. The van der Waals surface area contributed by atoms with Crippen LogP contribution in [-0.4, -0.2) is 12.0 Å². The van der Waals surface area contributed by atoms with Gasteiger partial charge in [-0.15, -0.1) is 11.3 Å². The monoisotopic (exact) mass is 271 g/mol. The lowest BCUT2D eigenvalue weighted by atomic mass is 10.2. The molecule has 1 unspecified atom stereocenters. The van der Waals surface area contributed by atoms with Crippen molar-refractivity contribution in [3.63, 3.8) is 0 Å². The average Bonchev–Trinajstić information content (AvgIpc) is 3.07. The molecule has 3 nitrogen and oxygen atoms in total. The van der Waals surface area contributed by atoms with Gasteiger partial charge in [-0.1, -0.05) is 36.4 Å². The molecule has 1 aromatic carbocycles. The van der Waals surface area contributed by atoms with Crippen LogP contribution in [0.2, 0.25) is 0 Å². The zero-order chi connectivity index (χ0) is 13.1. The van der Waals surface area contributed by atoms with E-state index in [1.165, 1.54) is 0 Å². The summed E-state index contributed by atoms with van der Waals surface area (Å²) in [5.74, 6) is 0.421. The van der Waals surface area contributed by atoms with E-state index in [4.69, 9.17) is 4.74 Å². The van der Waals surface area contributed by atoms with Crippen molar-refractivity contribution in [2.45, 2.75) is 12.6 Å². The predicted octanol–water partition coefficient (Wildman–Crippen LogP) is 2.80. The molecule has 0 saturated carbocycles. The standard InChI is InChI=1S/C15H13NO2S/c17-15-12(16-10-11-5-2-1-3-6-11)9-13(18-15)14-7-4-8-19-14/h1-9,12,16H,10H2. The Kier molecular flexibility index (Phi) is 3.44. The van der Waals surface area contributed by atoms with Crippen molar-refractivity contribution >= 4 is 23.1 Å². The Morgan fingerprint density at radius 1 is 1.16 bits per heavy atom. The third-order valence-corrected chi connectivity index (χ3v) is 3.80. The van der Waals surface area contributed by atoms with Gasteiger partial charge in [-0.2, -0.15) is 0 Å². The van der Waals surface area contributed by atoms with Crippen molar-refractivity contribution in [2.24, 2.45) is 0 Å². The number of hydrogen-bond acceptors (Lipinski definition) is 4. The fraction of sp³-hybridized carbons (Fsp3) is 0.133. The minimum absolute atomic E-state index is 0.237. The Bertz CT molecular complexity index is 590. The van der Waals surface area contributed by atoms with E-state index in [0.717, 1.165) is 10.4 Å². The fourth-order valence-corrected chi connectivity index (χ4v) is 2.63. The van der Waals surface area contributed by atoms with Crippen LogP contribution in [0, 0.1) is 0 Å². The summed E-state index contributed by atoms with van der Waals surface area (Å²) in [6, 6.07) is 13.5. The number of carbonyl (C=O) groups is 1. The molecule has 0 radical (unpaired) electrons. The number of nitrogens with one attached hydrogen (secondary N) is 1. The van der Waals surface area contributed by atoms with Crippen LogP contribution in [0.3, 0.4) is 0 Å². The summed E-state index contributed by atoms with van der Waals surface area (Å²) in [4.78, 5) is 12.8. The first-order valence-electron chi connectivity index (χ1n) is 6.07. The maximum absolute atomic E-state index is 11.8. The lowest BCUT2D eigenvalue weighted by Gasteiger charge is -2.07. The van der Waals surface area contributed by atoms with E-state index < -0.39 is 0 Å². The van der Waals surface area contributed by atoms with Gasteiger partial charge >= 0.3 is 5.97 Å². The molecule has 0 fully saturated rings. The molecule has 1 atom stereocenters. The zero-order valence-corrected chi connectivity index (χ0v) is 11.0. The lowest BCUT2D eigenvalue weighted by Crippen LogP contribution is -2.32. The molecule has 0 saturated heterocycles. The van der Waals surface area contributed by atoms with Crippen LogP contribution in [-0.2, 0) is 16.1 Å². The number of esters is 1. The summed E-state index contributed by atoms with van der Waals surface area (Å²) in [6.45, 7) is 0.648. The van der Waals surface area contributed by atoms with Gasteiger partial charge in [-0.3, -0.25) is 5.32 Å².